The molecule has 0 aliphatic carbocycles. The lowest BCUT2D eigenvalue weighted by Gasteiger charge is -2.33. The molecule has 10 heteroatoms. The number of ether oxygens (including phenoxy) is 3. The highest BCUT2D eigenvalue weighted by atomic mass is 35.5. The van der Waals surface area contributed by atoms with Crippen molar-refractivity contribution in [1.29, 1.82) is 0 Å². The number of anilines is 1. The minimum absolute atomic E-state index is 0.0133. The Morgan fingerprint density at radius 1 is 1.13 bits per heavy atom. The molecular formula is C20H19ClF2N4O3. The van der Waals surface area contributed by atoms with E-state index in [-0.39, 0.29) is 17.8 Å². The van der Waals surface area contributed by atoms with E-state index in [0.29, 0.717) is 34.5 Å². The van der Waals surface area contributed by atoms with Crippen molar-refractivity contribution in [3.05, 3.63) is 58.9 Å². The van der Waals surface area contributed by atoms with E-state index < -0.39 is 6.61 Å². The van der Waals surface area contributed by atoms with Crippen LogP contribution >= 0.6 is 11.6 Å². The SMILES string of the molecule is COc1cccc([C@H]2C[C@H](c3ccc(Cl)cc3OC(F)F)Nc3ncnn32)c1OC. The van der Waals surface area contributed by atoms with Gasteiger partial charge in [-0.2, -0.15) is 18.9 Å². The molecule has 7 nitrogen and oxygen atoms in total. The quantitative estimate of drug-likeness (QED) is 0.604. The third-order valence-electron chi connectivity index (χ3n) is 4.99. The lowest BCUT2D eigenvalue weighted by molar-refractivity contribution is -0.0506. The smallest absolute Gasteiger partial charge is 0.387 e. The second kappa shape index (κ2) is 8.35. The summed E-state index contributed by atoms with van der Waals surface area (Å²) in [5.74, 6) is 1.67. The van der Waals surface area contributed by atoms with Gasteiger partial charge >= 0.3 is 6.61 Å². The third-order valence-corrected chi connectivity index (χ3v) is 5.23. The van der Waals surface area contributed by atoms with Crippen molar-refractivity contribution < 1.29 is 23.0 Å². The molecule has 1 N–H and O–H groups in total. The van der Waals surface area contributed by atoms with Crippen LogP contribution in [0, 0.1) is 0 Å². The van der Waals surface area contributed by atoms with Crippen LogP contribution in [0.5, 0.6) is 17.2 Å². The fraction of sp³-hybridized carbons (Fsp3) is 0.300. The van der Waals surface area contributed by atoms with Crippen molar-refractivity contribution in [3.63, 3.8) is 0 Å². The molecule has 158 valence electrons. The first-order valence-corrected chi connectivity index (χ1v) is 9.50. The van der Waals surface area contributed by atoms with Crippen LogP contribution in [0.1, 0.15) is 29.6 Å². The van der Waals surface area contributed by atoms with Gasteiger partial charge in [0.1, 0.15) is 12.1 Å². The van der Waals surface area contributed by atoms with Gasteiger partial charge in [0.05, 0.1) is 26.3 Å². The first-order chi connectivity index (χ1) is 14.5. The second-order valence-electron chi connectivity index (χ2n) is 6.62. The summed E-state index contributed by atoms with van der Waals surface area (Å²) in [6.07, 6.45) is 1.91. The largest absolute Gasteiger partial charge is 0.493 e. The highest BCUT2D eigenvalue weighted by molar-refractivity contribution is 6.30. The van der Waals surface area contributed by atoms with Crippen molar-refractivity contribution in [1.82, 2.24) is 14.8 Å². The van der Waals surface area contributed by atoms with Crippen molar-refractivity contribution in [3.8, 4) is 17.2 Å². The van der Waals surface area contributed by atoms with Gasteiger partial charge < -0.3 is 19.5 Å². The molecule has 0 spiro atoms. The molecule has 2 atom stereocenters. The van der Waals surface area contributed by atoms with Crippen LogP contribution < -0.4 is 19.5 Å². The van der Waals surface area contributed by atoms with Gasteiger partial charge in [0, 0.05) is 16.1 Å². The Kier molecular flexibility index (Phi) is 5.63. The van der Waals surface area contributed by atoms with Crippen LogP contribution in [0.4, 0.5) is 14.7 Å². The average Bonchev–Trinajstić information content (AvgIpc) is 3.20. The van der Waals surface area contributed by atoms with E-state index in [1.807, 2.05) is 12.1 Å². The van der Waals surface area contributed by atoms with Crippen LogP contribution in [-0.2, 0) is 0 Å². The van der Waals surface area contributed by atoms with Crippen molar-refractivity contribution in [2.75, 3.05) is 19.5 Å². The van der Waals surface area contributed by atoms with Gasteiger partial charge in [-0.3, -0.25) is 0 Å². The van der Waals surface area contributed by atoms with E-state index in [1.54, 1.807) is 37.1 Å². The molecule has 1 aromatic heterocycles. The monoisotopic (exact) mass is 436 g/mol. The Balaban J connectivity index is 1.78. The van der Waals surface area contributed by atoms with Gasteiger partial charge in [0.25, 0.3) is 0 Å². The Morgan fingerprint density at radius 2 is 1.97 bits per heavy atom. The summed E-state index contributed by atoms with van der Waals surface area (Å²) < 4.78 is 43.4. The third kappa shape index (κ3) is 3.72. The number of halogens is 3. The number of alkyl halides is 2. The van der Waals surface area contributed by atoms with E-state index in [2.05, 4.69) is 15.4 Å². The van der Waals surface area contributed by atoms with Gasteiger partial charge in [0.15, 0.2) is 11.5 Å². The van der Waals surface area contributed by atoms with E-state index in [4.69, 9.17) is 25.8 Å². The number of methoxy groups -OCH3 is 2. The Bertz CT molecular complexity index is 1050. The molecule has 0 unspecified atom stereocenters. The van der Waals surface area contributed by atoms with Crippen LogP contribution in [0.15, 0.2) is 42.7 Å². The summed E-state index contributed by atoms with van der Waals surface area (Å²) in [4.78, 5) is 4.27. The number of fused-ring (bicyclic) bond motifs is 1. The van der Waals surface area contributed by atoms with Crippen molar-refractivity contribution in [2.45, 2.75) is 25.1 Å². The minimum atomic E-state index is -2.97. The summed E-state index contributed by atoms with van der Waals surface area (Å²) in [5.41, 5.74) is 1.38. The molecule has 0 amide bonds. The standard InChI is InChI=1S/C20H19ClF2N4O3/c1-28-16-5-3-4-13(18(16)29-2)15-9-14(26-20-24-10-25-27(15)20)12-7-6-11(21)8-17(12)30-19(22)23/h3-8,10,14-15,19H,9H2,1-2H3,(H,24,25,26)/t14-,15-/m1/s1. The van der Waals surface area contributed by atoms with Crippen LogP contribution in [0.25, 0.3) is 0 Å². The van der Waals surface area contributed by atoms with Crippen LogP contribution in [0.3, 0.4) is 0 Å². The van der Waals surface area contributed by atoms with Gasteiger partial charge in [0.2, 0.25) is 5.95 Å². The number of rotatable bonds is 6. The first-order valence-electron chi connectivity index (χ1n) is 9.13. The molecule has 30 heavy (non-hydrogen) atoms. The Hall–Kier alpha value is -3.07. The molecule has 0 saturated heterocycles. The normalized spacial score (nSPS) is 17.9. The molecule has 0 fully saturated rings. The van der Waals surface area contributed by atoms with Crippen LogP contribution in [0.2, 0.25) is 5.02 Å². The van der Waals surface area contributed by atoms with E-state index in [9.17, 15) is 8.78 Å². The Labute approximate surface area is 176 Å². The fourth-order valence-electron chi connectivity index (χ4n) is 3.75. The topological polar surface area (TPSA) is 70.4 Å². The lowest BCUT2D eigenvalue weighted by atomic mass is 9.92. The summed E-state index contributed by atoms with van der Waals surface area (Å²) in [5, 5.41) is 7.88. The lowest BCUT2D eigenvalue weighted by Crippen LogP contribution is -2.28. The predicted molar refractivity (Wildman–Crippen MR) is 107 cm³/mol. The number of hydrogen-bond acceptors (Lipinski definition) is 6. The fourth-order valence-corrected chi connectivity index (χ4v) is 3.91. The first kappa shape index (κ1) is 20.2. The highest BCUT2D eigenvalue weighted by Crippen LogP contribution is 2.45. The number of hydrogen-bond donors (Lipinski definition) is 1. The molecule has 1 aliphatic heterocycles. The zero-order chi connectivity index (χ0) is 21.3. The zero-order valence-electron chi connectivity index (χ0n) is 16.2. The molecule has 4 rings (SSSR count). The summed E-state index contributed by atoms with van der Waals surface area (Å²) in [7, 11) is 3.13. The summed E-state index contributed by atoms with van der Waals surface area (Å²) in [6.45, 7) is -2.97. The van der Waals surface area contributed by atoms with Gasteiger partial charge in [-0.25, -0.2) is 4.68 Å². The van der Waals surface area contributed by atoms with Crippen molar-refractivity contribution >= 4 is 17.5 Å². The predicted octanol–water partition coefficient (Wildman–Crippen LogP) is 4.70. The maximum atomic E-state index is 13.0. The molecule has 0 bridgehead atoms. The van der Waals surface area contributed by atoms with E-state index in [1.165, 1.54) is 12.4 Å². The van der Waals surface area contributed by atoms with Gasteiger partial charge in [-0.1, -0.05) is 29.8 Å². The van der Waals surface area contributed by atoms with Crippen molar-refractivity contribution in [2.24, 2.45) is 0 Å². The number of aromatic nitrogens is 3. The second-order valence-corrected chi connectivity index (χ2v) is 7.06. The van der Waals surface area contributed by atoms with E-state index >= 15 is 0 Å². The summed E-state index contributed by atoms with van der Waals surface area (Å²) >= 11 is 6.00. The maximum absolute atomic E-state index is 13.0. The molecule has 3 aromatic rings. The highest BCUT2D eigenvalue weighted by Gasteiger charge is 2.34. The van der Waals surface area contributed by atoms with Gasteiger partial charge in [-0.05, 0) is 24.6 Å². The molecule has 1 aliphatic rings. The zero-order valence-corrected chi connectivity index (χ0v) is 16.9. The summed E-state index contributed by atoms with van der Waals surface area (Å²) in [6, 6.07) is 9.60. The number of para-hydroxylation sites is 1. The molecule has 0 radical (unpaired) electrons. The number of nitrogens with one attached hydrogen (secondary N) is 1. The molecule has 0 saturated carbocycles. The number of nitrogens with zero attached hydrogens (tertiary/aromatic N) is 3. The molecule has 2 heterocycles. The van der Waals surface area contributed by atoms with Gasteiger partial charge in [-0.15, -0.1) is 0 Å². The average molecular weight is 437 g/mol. The number of benzene rings is 2. The Morgan fingerprint density at radius 3 is 2.70 bits per heavy atom. The molecular weight excluding hydrogens is 418 g/mol. The maximum Gasteiger partial charge on any atom is 0.387 e. The molecule has 2 aromatic carbocycles. The van der Waals surface area contributed by atoms with Crippen LogP contribution in [-0.4, -0.2) is 35.6 Å². The minimum Gasteiger partial charge on any atom is -0.493 e. The van der Waals surface area contributed by atoms with E-state index in [0.717, 1.165) is 5.56 Å².